The number of ether oxygens (including phenoxy) is 2. The molecule has 0 radical (unpaired) electrons. The molecule has 0 atom stereocenters. The Bertz CT molecular complexity index is 325. The number of hydrogen-bond acceptors (Lipinski definition) is 4. The molecule has 2 fully saturated rings. The largest absolute Gasteiger partial charge is 0.444 e. The van der Waals surface area contributed by atoms with Crippen LogP contribution < -0.4 is 0 Å². The lowest BCUT2D eigenvalue weighted by Gasteiger charge is -2.36. The lowest BCUT2D eigenvalue weighted by molar-refractivity contribution is -0.0549. The second kappa shape index (κ2) is 6.31. The van der Waals surface area contributed by atoms with Crippen LogP contribution in [0.1, 0.15) is 46.5 Å². The van der Waals surface area contributed by atoms with Gasteiger partial charge in [0.25, 0.3) is 0 Å². The predicted octanol–water partition coefficient (Wildman–Crippen LogP) is 2.17. The standard InChI is InChI=1S/C15H27NO4/c1-15(2,3)20-14(18)16-6-4-13(5-7-16)19-10-11-8-12(17)9-11/h11-13,17H,4-10H2,1-3H3. The van der Waals surface area contributed by atoms with Crippen molar-refractivity contribution in [2.45, 2.75) is 64.3 Å². The van der Waals surface area contributed by atoms with E-state index >= 15 is 0 Å². The van der Waals surface area contributed by atoms with Crippen molar-refractivity contribution in [2.24, 2.45) is 5.92 Å². The zero-order valence-corrected chi connectivity index (χ0v) is 12.8. The van der Waals surface area contributed by atoms with Crippen LogP contribution in [0.15, 0.2) is 0 Å². The topological polar surface area (TPSA) is 59.0 Å². The van der Waals surface area contributed by atoms with Crippen molar-refractivity contribution in [2.75, 3.05) is 19.7 Å². The van der Waals surface area contributed by atoms with Crippen LogP contribution in [0.3, 0.4) is 0 Å². The molecule has 2 rings (SSSR count). The highest BCUT2D eigenvalue weighted by Gasteiger charge is 2.30. The number of carbonyl (C=O) groups is 1. The summed E-state index contributed by atoms with van der Waals surface area (Å²) in [6.07, 6.45) is 3.39. The molecule has 0 unspecified atom stereocenters. The molecule has 1 saturated heterocycles. The van der Waals surface area contributed by atoms with Crippen molar-refractivity contribution in [1.29, 1.82) is 0 Å². The van der Waals surface area contributed by atoms with Gasteiger partial charge in [0.05, 0.1) is 12.2 Å². The average molecular weight is 285 g/mol. The molecule has 0 aromatic carbocycles. The number of carbonyl (C=O) groups excluding carboxylic acids is 1. The molecule has 5 nitrogen and oxygen atoms in total. The number of nitrogens with zero attached hydrogens (tertiary/aromatic N) is 1. The monoisotopic (exact) mass is 285 g/mol. The van der Waals surface area contributed by atoms with Gasteiger partial charge < -0.3 is 19.5 Å². The molecule has 1 N–H and O–H groups in total. The molecule has 20 heavy (non-hydrogen) atoms. The van der Waals surface area contributed by atoms with E-state index in [4.69, 9.17) is 9.47 Å². The van der Waals surface area contributed by atoms with Crippen LogP contribution in [-0.4, -0.2) is 53.6 Å². The lowest BCUT2D eigenvalue weighted by Crippen LogP contribution is -2.44. The van der Waals surface area contributed by atoms with Crippen LogP contribution in [0.2, 0.25) is 0 Å². The maximum Gasteiger partial charge on any atom is 0.410 e. The Balaban J connectivity index is 1.63. The molecule has 5 heteroatoms. The number of piperidine rings is 1. The van der Waals surface area contributed by atoms with Gasteiger partial charge in [0.2, 0.25) is 0 Å². The summed E-state index contributed by atoms with van der Waals surface area (Å²) in [4.78, 5) is 13.7. The summed E-state index contributed by atoms with van der Waals surface area (Å²) in [5, 5.41) is 9.23. The molecule has 0 aromatic rings. The van der Waals surface area contributed by atoms with Gasteiger partial charge in [-0.25, -0.2) is 4.79 Å². The molecule has 1 heterocycles. The Morgan fingerprint density at radius 3 is 2.35 bits per heavy atom. The summed E-state index contributed by atoms with van der Waals surface area (Å²) >= 11 is 0. The van der Waals surface area contributed by atoms with Gasteiger partial charge in [-0.15, -0.1) is 0 Å². The summed E-state index contributed by atoms with van der Waals surface area (Å²) in [5.41, 5.74) is -0.435. The van der Waals surface area contributed by atoms with Gasteiger partial charge >= 0.3 is 6.09 Å². The van der Waals surface area contributed by atoms with Crippen molar-refractivity contribution in [3.8, 4) is 0 Å². The third-order valence-electron chi connectivity index (χ3n) is 3.87. The highest BCUT2D eigenvalue weighted by molar-refractivity contribution is 5.68. The molecule has 1 aliphatic heterocycles. The Kier molecular flexibility index (Phi) is 4.91. The van der Waals surface area contributed by atoms with Crippen molar-refractivity contribution in [3.05, 3.63) is 0 Å². The lowest BCUT2D eigenvalue weighted by atomic mass is 9.83. The second-order valence-electron chi connectivity index (χ2n) is 6.99. The summed E-state index contributed by atoms with van der Waals surface area (Å²) in [6, 6.07) is 0. The molecular weight excluding hydrogens is 258 g/mol. The summed E-state index contributed by atoms with van der Waals surface area (Å²) in [7, 11) is 0. The first-order valence-corrected chi connectivity index (χ1v) is 7.61. The molecule has 1 saturated carbocycles. The van der Waals surface area contributed by atoms with Crippen molar-refractivity contribution >= 4 is 6.09 Å². The van der Waals surface area contributed by atoms with Crippen LogP contribution in [0.4, 0.5) is 4.79 Å². The predicted molar refractivity (Wildman–Crippen MR) is 75.5 cm³/mol. The minimum Gasteiger partial charge on any atom is -0.444 e. The zero-order chi connectivity index (χ0) is 14.8. The maximum absolute atomic E-state index is 11.9. The second-order valence-corrected chi connectivity index (χ2v) is 6.99. The van der Waals surface area contributed by atoms with Gasteiger partial charge in [0.1, 0.15) is 5.60 Å². The van der Waals surface area contributed by atoms with Crippen molar-refractivity contribution in [3.63, 3.8) is 0 Å². The van der Waals surface area contributed by atoms with E-state index in [1.165, 1.54) is 0 Å². The number of aliphatic hydroxyl groups excluding tert-OH is 1. The molecular formula is C15H27NO4. The zero-order valence-electron chi connectivity index (χ0n) is 12.8. The van der Waals surface area contributed by atoms with E-state index in [-0.39, 0.29) is 18.3 Å². The molecule has 2 aliphatic rings. The quantitative estimate of drug-likeness (QED) is 0.863. The minimum atomic E-state index is -0.435. The number of hydrogen-bond donors (Lipinski definition) is 1. The average Bonchev–Trinajstić information content (AvgIpc) is 2.32. The van der Waals surface area contributed by atoms with Gasteiger partial charge in [0, 0.05) is 19.7 Å². The van der Waals surface area contributed by atoms with E-state index in [1.54, 1.807) is 4.90 Å². The Labute approximate surface area is 121 Å². The van der Waals surface area contributed by atoms with E-state index in [1.807, 2.05) is 20.8 Å². The van der Waals surface area contributed by atoms with E-state index in [9.17, 15) is 9.90 Å². The van der Waals surface area contributed by atoms with Crippen molar-refractivity contribution in [1.82, 2.24) is 4.90 Å². The molecule has 0 bridgehead atoms. The molecule has 116 valence electrons. The van der Waals surface area contributed by atoms with Crippen LogP contribution in [0.5, 0.6) is 0 Å². The van der Waals surface area contributed by atoms with Gasteiger partial charge in [-0.05, 0) is 52.4 Å². The summed E-state index contributed by atoms with van der Waals surface area (Å²) < 4.78 is 11.2. The molecule has 1 aliphatic carbocycles. The fraction of sp³-hybridized carbons (Fsp3) is 0.933. The Morgan fingerprint density at radius 2 is 1.85 bits per heavy atom. The van der Waals surface area contributed by atoms with Crippen LogP contribution in [-0.2, 0) is 9.47 Å². The summed E-state index contributed by atoms with van der Waals surface area (Å²) in [6.45, 7) is 7.79. The number of rotatable bonds is 3. The third kappa shape index (κ3) is 4.63. The maximum atomic E-state index is 11.9. The normalized spacial score (nSPS) is 28.1. The first kappa shape index (κ1) is 15.6. The fourth-order valence-corrected chi connectivity index (χ4v) is 2.64. The van der Waals surface area contributed by atoms with Crippen LogP contribution in [0, 0.1) is 5.92 Å². The van der Waals surface area contributed by atoms with Gasteiger partial charge in [-0.1, -0.05) is 0 Å². The highest BCUT2D eigenvalue weighted by atomic mass is 16.6. The first-order valence-electron chi connectivity index (χ1n) is 7.61. The van der Waals surface area contributed by atoms with Gasteiger partial charge in [-0.3, -0.25) is 0 Å². The van der Waals surface area contributed by atoms with Gasteiger partial charge in [-0.2, -0.15) is 0 Å². The Morgan fingerprint density at radius 1 is 1.25 bits per heavy atom. The molecule has 0 aromatic heterocycles. The number of amides is 1. The molecule has 1 amide bonds. The van der Waals surface area contributed by atoms with E-state index in [0.717, 1.165) is 32.3 Å². The number of likely N-dealkylation sites (tertiary alicyclic amines) is 1. The SMILES string of the molecule is CC(C)(C)OC(=O)N1CCC(OCC2CC(O)C2)CC1. The van der Waals surface area contributed by atoms with E-state index in [0.29, 0.717) is 19.0 Å². The first-order chi connectivity index (χ1) is 9.33. The fourth-order valence-electron chi connectivity index (χ4n) is 2.64. The molecule has 0 spiro atoms. The van der Waals surface area contributed by atoms with Gasteiger partial charge in [0.15, 0.2) is 0 Å². The third-order valence-corrected chi connectivity index (χ3v) is 3.87. The van der Waals surface area contributed by atoms with E-state index < -0.39 is 5.60 Å². The minimum absolute atomic E-state index is 0.113. The van der Waals surface area contributed by atoms with Crippen molar-refractivity contribution < 1.29 is 19.4 Å². The highest BCUT2D eigenvalue weighted by Crippen LogP contribution is 2.28. The Hall–Kier alpha value is -0.810. The van der Waals surface area contributed by atoms with E-state index in [2.05, 4.69) is 0 Å². The van der Waals surface area contributed by atoms with Crippen LogP contribution >= 0.6 is 0 Å². The van der Waals surface area contributed by atoms with Crippen LogP contribution in [0.25, 0.3) is 0 Å². The number of aliphatic hydroxyl groups is 1. The smallest absolute Gasteiger partial charge is 0.410 e. The summed E-state index contributed by atoms with van der Waals surface area (Å²) in [5.74, 6) is 0.522.